The number of rotatable bonds is 6. The van der Waals surface area contributed by atoms with Crippen molar-refractivity contribution in [3.63, 3.8) is 0 Å². The number of ketones is 1. The van der Waals surface area contributed by atoms with Crippen molar-refractivity contribution in [2.45, 2.75) is 52.7 Å². The van der Waals surface area contributed by atoms with Crippen LogP contribution in [0.3, 0.4) is 0 Å². The summed E-state index contributed by atoms with van der Waals surface area (Å²) in [5.41, 5.74) is 0.112. The van der Waals surface area contributed by atoms with Gasteiger partial charge in [-0.2, -0.15) is 0 Å². The monoisotopic (exact) mass is 298 g/mol. The van der Waals surface area contributed by atoms with Crippen molar-refractivity contribution in [1.82, 2.24) is 0 Å². The van der Waals surface area contributed by atoms with Crippen molar-refractivity contribution in [2.75, 3.05) is 6.61 Å². The number of esters is 1. The third-order valence-corrected chi connectivity index (χ3v) is 4.10. The van der Waals surface area contributed by atoms with Crippen molar-refractivity contribution in [1.29, 1.82) is 0 Å². The molecule has 0 aliphatic heterocycles. The first-order chi connectivity index (χ1) is 9.81. The summed E-state index contributed by atoms with van der Waals surface area (Å²) >= 11 is 0. The average Bonchev–Trinajstić information content (AvgIpc) is 2.41. The van der Waals surface area contributed by atoms with E-state index < -0.39 is 36.5 Å². The minimum Gasteiger partial charge on any atom is -0.454 e. The Labute approximate surface area is 126 Å². The normalized spacial score (nSPS) is 27.5. The predicted octanol–water partition coefficient (Wildman–Crippen LogP) is 1.47. The Morgan fingerprint density at radius 3 is 2.48 bits per heavy atom. The third-order valence-electron chi connectivity index (χ3n) is 4.10. The standard InChI is InChI=1S/C16H26O5/c1-5-10(4)6-13(19)21-16-14(9(2)3)12(18)7-11(8-17)15(16)20/h7,9-10,12,14,16-18H,5-6,8H2,1-4H3/t10-,12-,14-,16+/m0/s1. The fraction of sp³-hybridized carbons (Fsp3) is 0.750. The Morgan fingerprint density at radius 1 is 1.38 bits per heavy atom. The van der Waals surface area contributed by atoms with Gasteiger partial charge in [-0.15, -0.1) is 0 Å². The van der Waals surface area contributed by atoms with E-state index in [2.05, 4.69) is 0 Å². The molecule has 1 aliphatic rings. The fourth-order valence-corrected chi connectivity index (χ4v) is 2.56. The highest BCUT2D eigenvalue weighted by Gasteiger charge is 2.42. The lowest BCUT2D eigenvalue weighted by Gasteiger charge is -2.35. The van der Waals surface area contributed by atoms with Gasteiger partial charge in [-0.3, -0.25) is 9.59 Å². The molecule has 5 nitrogen and oxygen atoms in total. The number of hydrogen-bond acceptors (Lipinski definition) is 5. The molecule has 1 rings (SSSR count). The van der Waals surface area contributed by atoms with E-state index in [1.54, 1.807) is 0 Å². The maximum absolute atomic E-state index is 12.3. The topological polar surface area (TPSA) is 83.8 Å². The summed E-state index contributed by atoms with van der Waals surface area (Å²) in [4.78, 5) is 24.2. The zero-order valence-electron chi connectivity index (χ0n) is 13.2. The molecule has 1 aliphatic carbocycles. The summed E-state index contributed by atoms with van der Waals surface area (Å²) in [6, 6.07) is 0. The van der Waals surface area contributed by atoms with E-state index in [1.165, 1.54) is 6.08 Å². The highest BCUT2D eigenvalue weighted by Crippen LogP contribution is 2.30. The summed E-state index contributed by atoms with van der Waals surface area (Å²) in [7, 11) is 0. The predicted molar refractivity (Wildman–Crippen MR) is 78.5 cm³/mol. The van der Waals surface area contributed by atoms with Gasteiger partial charge in [-0.05, 0) is 17.9 Å². The molecule has 120 valence electrons. The number of aliphatic hydroxyl groups excluding tert-OH is 2. The molecule has 0 fully saturated rings. The Balaban J connectivity index is 2.91. The molecule has 0 aromatic rings. The van der Waals surface area contributed by atoms with E-state index >= 15 is 0 Å². The molecular weight excluding hydrogens is 272 g/mol. The number of Topliss-reactive ketones (excluding diaryl/α,β-unsaturated/α-hetero) is 1. The van der Waals surface area contributed by atoms with E-state index in [-0.39, 0.29) is 23.8 Å². The van der Waals surface area contributed by atoms with Gasteiger partial charge in [0.1, 0.15) is 0 Å². The molecule has 0 aromatic carbocycles. The lowest BCUT2D eigenvalue weighted by Crippen LogP contribution is -2.47. The van der Waals surface area contributed by atoms with E-state index in [0.29, 0.717) is 0 Å². The second-order valence-corrected chi connectivity index (χ2v) is 6.15. The second-order valence-electron chi connectivity index (χ2n) is 6.15. The van der Waals surface area contributed by atoms with E-state index in [9.17, 15) is 19.8 Å². The van der Waals surface area contributed by atoms with Gasteiger partial charge >= 0.3 is 5.97 Å². The summed E-state index contributed by atoms with van der Waals surface area (Å²) < 4.78 is 5.35. The zero-order chi connectivity index (χ0) is 16.2. The van der Waals surface area contributed by atoms with Crippen molar-refractivity contribution in [3.05, 3.63) is 11.6 Å². The molecule has 0 amide bonds. The van der Waals surface area contributed by atoms with Gasteiger partial charge < -0.3 is 14.9 Å². The first-order valence-electron chi connectivity index (χ1n) is 7.55. The van der Waals surface area contributed by atoms with Crippen LogP contribution in [0.5, 0.6) is 0 Å². The molecule has 21 heavy (non-hydrogen) atoms. The molecule has 2 N–H and O–H groups in total. The first kappa shape index (κ1) is 17.9. The Hall–Kier alpha value is -1.20. The quantitative estimate of drug-likeness (QED) is 0.725. The van der Waals surface area contributed by atoms with Crippen LogP contribution in [0.25, 0.3) is 0 Å². The van der Waals surface area contributed by atoms with Crippen LogP contribution in [-0.4, -0.2) is 40.8 Å². The number of carbonyl (C=O) groups excluding carboxylic acids is 2. The Morgan fingerprint density at radius 2 is 2.00 bits per heavy atom. The summed E-state index contributed by atoms with van der Waals surface area (Å²) in [6.45, 7) is 7.21. The van der Waals surface area contributed by atoms with Gasteiger partial charge in [0, 0.05) is 17.9 Å². The van der Waals surface area contributed by atoms with Gasteiger partial charge in [0.15, 0.2) is 6.10 Å². The highest BCUT2D eigenvalue weighted by molar-refractivity contribution is 6.01. The van der Waals surface area contributed by atoms with Gasteiger partial charge in [-0.25, -0.2) is 0 Å². The molecule has 0 unspecified atom stereocenters. The van der Waals surface area contributed by atoms with Crippen LogP contribution in [-0.2, 0) is 14.3 Å². The maximum Gasteiger partial charge on any atom is 0.306 e. The summed E-state index contributed by atoms with van der Waals surface area (Å²) in [5.74, 6) is -1.15. The SMILES string of the molecule is CC[C@H](C)CC(=O)O[C@H]1C(=O)C(CO)=C[C@H](O)[C@@H]1C(C)C. The molecule has 0 saturated carbocycles. The van der Waals surface area contributed by atoms with E-state index in [4.69, 9.17) is 4.74 Å². The Bertz CT molecular complexity index is 413. The van der Waals surface area contributed by atoms with Crippen LogP contribution in [0.15, 0.2) is 11.6 Å². The van der Waals surface area contributed by atoms with Gasteiger partial charge in [-0.1, -0.05) is 34.1 Å². The molecule has 0 aromatic heterocycles. The smallest absolute Gasteiger partial charge is 0.306 e. The minimum absolute atomic E-state index is 0.0261. The number of carbonyl (C=O) groups is 2. The molecule has 0 bridgehead atoms. The number of aliphatic hydroxyl groups is 2. The lowest BCUT2D eigenvalue weighted by atomic mass is 9.77. The van der Waals surface area contributed by atoms with Crippen LogP contribution < -0.4 is 0 Å². The molecule has 4 atom stereocenters. The Kier molecular flexibility index (Phi) is 6.55. The molecule has 0 radical (unpaired) electrons. The van der Waals surface area contributed by atoms with Crippen LogP contribution >= 0.6 is 0 Å². The van der Waals surface area contributed by atoms with Crippen LogP contribution in [0.1, 0.15) is 40.5 Å². The molecule has 5 heteroatoms. The number of hydrogen-bond donors (Lipinski definition) is 2. The molecule has 0 saturated heterocycles. The summed E-state index contributed by atoms with van der Waals surface area (Å²) in [5, 5.41) is 19.3. The van der Waals surface area contributed by atoms with Crippen molar-refractivity contribution in [2.24, 2.45) is 17.8 Å². The van der Waals surface area contributed by atoms with Crippen LogP contribution in [0.4, 0.5) is 0 Å². The lowest BCUT2D eigenvalue weighted by molar-refractivity contribution is -0.162. The minimum atomic E-state index is -1.01. The molecular formula is C16H26O5. The van der Waals surface area contributed by atoms with Crippen molar-refractivity contribution in [3.8, 4) is 0 Å². The first-order valence-corrected chi connectivity index (χ1v) is 7.55. The van der Waals surface area contributed by atoms with Crippen LogP contribution in [0.2, 0.25) is 0 Å². The number of ether oxygens (including phenoxy) is 1. The van der Waals surface area contributed by atoms with Gasteiger partial charge in [0.25, 0.3) is 0 Å². The fourth-order valence-electron chi connectivity index (χ4n) is 2.56. The molecule has 0 heterocycles. The van der Waals surface area contributed by atoms with Crippen molar-refractivity contribution < 1.29 is 24.5 Å². The van der Waals surface area contributed by atoms with E-state index in [0.717, 1.165) is 6.42 Å². The maximum atomic E-state index is 12.3. The van der Waals surface area contributed by atoms with Crippen LogP contribution in [0, 0.1) is 17.8 Å². The van der Waals surface area contributed by atoms with E-state index in [1.807, 2.05) is 27.7 Å². The molecule has 0 spiro atoms. The third kappa shape index (κ3) is 4.38. The largest absolute Gasteiger partial charge is 0.454 e. The summed E-state index contributed by atoms with van der Waals surface area (Å²) in [6.07, 6.45) is 0.562. The average molecular weight is 298 g/mol. The second kappa shape index (κ2) is 7.71. The zero-order valence-corrected chi connectivity index (χ0v) is 13.2. The van der Waals surface area contributed by atoms with Gasteiger partial charge in [0.05, 0.1) is 12.7 Å². The highest BCUT2D eigenvalue weighted by atomic mass is 16.5. The van der Waals surface area contributed by atoms with Crippen molar-refractivity contribution >= 4 is 11.8 Å². The van der Waals surface area contributed by atoms with Gasteiger partial charge in [0.2, 0.25) is 5.78 Å².